The molecule has 2 aliphatic heterocycles. The number of anilines is 1. The standard InChI is InChI=1S/C24H26BrClN8O4S/c1-31(2)39(37,38)33-11-16(15-6-7-18-17(19(15)26)10-32(3)30-18)20-22(33)29-23(21(25)28-20)34-13-4-5-14(34)9-12(8-13)27-24(35)36/h6-7,10-14,27H,4-5,8-9H2,1-3H3,(H,35,36). The number of carbonyl (C=O) groups is 1. The third-order valence-electron chi connectivity index (χ3n) is 7.57. The molecule has 12 nitrogen and oxygen atoms in total. The Hall–Kier alpha value is -2.94. The molecule has 2 saturated heterocycles. The summed E-state index contributed by atoms with van der Waals surface area (Å²) >= 11 is 10.4. The van der Waals surface area contributed by atoms with E-state index in [1.54, 1.807) is 4.68 Å². The van der Waals surface area contributed by atoms with Crippen LogP contribution in [0, 0.1) is 0 Å². The van der Waals surface area contributed by atoms with Gasteiger partial charge in [0.1, 0.15) is 10.1 Å². The number of hydrogen-bond acceptors (Lipinski definition) is 7. The monoisotopic (exact) mass is 636 g/mol. The van der Waals surface area contributed by atoms with Crippen LogP contribution in [0.5, 0.6) is 0 Å². The van der Waals surface area contributed by atoms with Gasteiger partial charge in [-0.15, -0.1) is 0 Å². The molecule has 1 aromatic carbocycles. The van der Waals surface area contributed by atoms with Gasteiger partial charge in [-0.3, -0.25) is 4.68 Å². The second-order valence-corrected chi connectivity index (χ2v) is 13.4. The fourth-order valence-electron chi connectivity index (χ4n) is 5.89. The van der Waals surface area contributed by atoms with Crippen molar-refractivity contribution in [2.45, 2.75) is 43.8 Å². The molecule has 206 valence electrons. The molecule has 0 saturated carbocycles. The summed E-state index contributed by atoms with van der Waals surface area (Å²) in [6, 6.07) is 3.62. The van der Waals surface area contributed by atoms with Crippen LogP contribution in [0.2, 0.25) is 5.02 Å². The quantitative estimate of drug-likeness (QED) is 0.337. The molecule has 15 heteroatoms. The predicted octanol–water partition coefficient (Wildman–Crippen LogP) is 3.82. The molecule has 39 heavy (non-hydrogen) atoms. The first kappa shape index (κ1) is 26.3. The Kier molecular flexibility index (Phi) is 6.28. The smallest absolute Gasteiger partial charge is 0.404 e. The average Bonchev–Trinajstić information content (AvgIpc) is 3.50. The summed E-state index contributed by atoms with van der Waals surface area (Å²) in [5.41, 5.74) is 2.44. The first-order valence-corrected chi connectivity index (χ1v) is 14.9. The van der Waals surface area contributed by atoms with Crippen molar-refractivity contribution < 1.29 is 18.3 Å². The van der Waals surface area contributed by atoms with Crippen molar-refractivity contribution in [2.75, 3.05) is 19.0 Å². The van der Waals surface area contributed by atoms with E-state index in [9.17, 15) is 18.3 Å². The topological polar surface area (TPSA) is 138 Å². The number of benzene rings is 1. The number of nitrogens with one attached hydrogen (secondary N) is 1. The van der Waals surface area contributed by atoms with Crippen molar-refractivity contribution >= 4 is 71.7 Å². The van der Waals surface area contributed by atoms with Gasteiger partial charge in [0.25, 0.3) is 0 Å². The molecule has 0 radical (unpaired) electrons. The molecule has 3 aromatic heterocycles. The summed E-state index contributed by atoms with van der Waals surface area (Å²) in [6.07, 6.45) is 5.34. The zero-order valence-electron chi connectivity index (χ0n) is 21.3. The van der Waals surface area contributed by atoms with Gasteiger partial charge in [-0.2, -0.15) is 17.8 Å². The van der Waals surface area contributed by atoms with Gasteiger partial charge in [-0.1, -0.05) is 17.7 Å². The Morgan fingerprint density at radius 1 is 1.15 bits per heavy atom. The van der Waals surface area contributed by atoms with E-state index in [0.717, 1.165) is 32.0 Å². The third-order valence-corrected chi connectivity index (χ3v) is 10.2. The zero-order valence-corrected chi connectivity index (χ0v) is 24.5. The van der Waals surface area contributed by atoms with Gasteiger partial charge in [0.15, 0.2) is 11.5 Å². The first-order chi connectivity index (χ1) is 18.5. The van der Waals surface area contributed by atoms with E-state index in [1.807, 2.05) is 25.4 Å². The molecule has 0 aliphatic carbocycles. The molecule has 2 fully saturated rings. The Labute approximate surface area is 237 Å². The average molecular weight is 638 g/mol. The zero-order chi connectivity index (χ0) is 27.8. The SMILES string of the molecule is CN(C)S(=O)(=O)n1cc(-c2ccc3nn(C)cc3c2Cl)c2nc(Br)c(N3C4CCC3CC(NC(=O)O)C4)nc21. The van der Waals surface area contributed by atoms with E-state index >= 15 is 0 Å². The lowest BCUT2D eigenvalue weighted by atomic mass is 9.97. The summed E-state index contributed by atoms with van der Waals surface area (Å²) in [6.45, 7) is 0. The Morgan fingerprint density at radius 2 is 1.85 bits per heavy atom. The van der Waals surface area contributed by atoms with Crippen LogP contribution in [0.1, 0.15) is 25.7 Å². The summed E-state index contributed by atoms with van der Waals surface area (Å²) in [7, 11) is 0.775. The minimum atomic E-state index is -3.96. The van der Waals surface area contributed by atoms with Crippen LogP contribution >= 0.6 is 27.5 Å². The maximum Gasteiger partial charge on any atom is 0.404 e. The summed E-state index contributed by atoms with van der Waals surface area (Å²) < 4.78 is 31.3. The fourth-order valence-corrected chi connectivity index (χ4v) is 7.60. The van der Waals surface area contributed by atoms with Crippen molar-refractivity contribution in [3.63, 3.8) is 0 Å². The molecule has 5 heterocycles. The van der Waals surface area contributed by atoms with Crippen molar-refractivity contribution in [3.8, 4) is 11.1 Å². The van der Waals surface area contributed by atoms with Gasteiger partial charge in [0.2, 0.25) is 0 Å². The molecule has 2 unspecified atom stereocenters. The van der Waals surface area contributed by atoms with Gasteiger partial charge in [-0.05, 0) is 47.7 Å². The molecule has 2 aliphatic rings. The second-order valence-electron chi connectivity index (χ2n) is 10.2. The Morgan fingerprint density at radius 3 is 2.49 bits per heavy atom. The molecular weight excluding hydrogens is 612 g/mol. The van der Waals surface area contributed by atoms with Crippen LogP contribution in [0.25, 0.3) is 33.2 Å². The largest absolute Gasteiger partial charge is 0.465 e. The van der Waals surface area contributed by atoms with Crippen LogP contribution in [0.15, 0.2) is 29.1 Å². The molecule has 4 aromatic rings. The minimum absolute atomic E-state index is 0.0550. The molecule has 2 bridgehead atoms. The number of aryl methyl sites for hydroxylation is 1. The van der Waals surface area contributed by atoms with Crippen molar-refractivity contribution in [1.82, 2.24) is 33.3 Å². The van der Waals surface area contributed by atoms with Crippen LogP contribution < -0.4 is 10.2 Å². The second kappa shape index (κ2) is 9.32. The van der Waals surface area contributed by atoms with Gasteiger partial charge in [-0.25, -0.2) is 18.7 Å². The Bertz CT molecular complexity index is 1740. The van der Waals surface area contributed by atoms with Crippen LogP contribution in [-0.2, 0) is 17.3 Å². The molecule has 2 atom stereocenters. The number of carboxylic acid groups (broad SMARTS) is 1. The highest BCUT2D eigenvalue weighted by Crippen LogP contribution is 2.43. The number of rotatable bonds is 5. The highest BCUT2D eigenvalue weighted by atomic mass is 79.9. The van der Waals surface area contributed by atoms with Gasteiger partial charge >= 0.3 is 16.3 Å². The number of nitrogens with zero attached hydrogens (tertiary/aromatic N) is 7. The van der Waals surface area contributed by atoms with Crippen LogP contribution in [0.3, 0.4) is 0 Å². The number of fused-ring (bicyclic) bond motifs is 4. The lowest BCUT2D eigenvalue weighted by Crippen LogP contribution is -2.50. The first-order valence-electron chi connectivity index (χ1n) is 12.4. The van der Waals surface area contributed by atoms with Crippen molar-refractivity contribution in [1.29, 1.82) is 0 Å². The van der Waals surface area contributed by atoms with Gasteiger partial charge in [0, 0.05) is 68.2 Å². The Balaban J connectivity index is 1.53. The normalized spacial score (nSPS) is 21.4. The van der Waals surface area contributed by atoms with E-state index in [0.29, 0.717) is 44.9 Å². The number of amides is 1. The number of aromatic nitrogens is 5. The van der Waals surface area contributed by atoms with E-state index in [1.165, 1.54) is 20.3 Å². The summed E-state index contributed by atoms with van der Waals surface area (Å²) in [5, 5.41) is 17.4. The van der Waals surface area contributed by atoms with Crippen LogP contribution in [-0.4, -0.2) is 79.9 Å². The maximum atomic E-state index is 13.4. The maximum absolute atomic E-state index is 13.4. The number of hydrogen-bond donors (Lipinski definition) is 2. The minimum Gasteiger partial charge on any atom is -0.465 e. The predicted molar refractivity (Wildman–Crippen MR) is 151 cm³/mol. The fraction of sp³-hybridized carbons (Fsp3) is 0.417. The van der Waals surface area contributed by atoms with E-state index < -0.39 is 16.3 Å². The lowest BCUT2D eigenvalue weighted by Gasteiger charge is -2.39. The number of halogens is 2. The molecule has 0 spiro atoms. The highest BCUT2D eigenvalue weighted by Gasteiger charge is 2.43. The highest BCUT2D eigenvalue weighted by molar-refractivity contribution is 9.10. The third kappa shape index (κ3) is 4.24. The van der Waals surface area contributed by atoms with E-state index in [-0.39, 0.29) is 23.8 Å². The molecular formula is C24H26BrClN8O4S. The van der Waals surface area contributed by atoms with E-state index in [2.05, 4.69) is 31.2 Å². The van der Waals surface area contributed by atoms with Crippen LogP contribution in [0.4, 0.5) is 10.6 Å². The lowest BCUT2D eigenvalue weighted by molar-refractivity contribution is 0.185. The number of piperidine rings is 1. The van der Waals surface area contributed by atoms with E-state index in [4.69, 9.17) is 21.6 Å². The van der Waals surface area contributed by atoms with Crippen molar-refractivity contribution in [3.05, 3.63) is 34.2 Å². The molecule has 2 N–H and O–H groups in total. The summed E-state index contributed by atoms with van der Waals surface area (Å²) in [4.78, 5) is 23.1. The van der Waals surface area contributed by atoms with Gasteiger partial charge in [0.05, 0.1) is 10.5 Å². The molecule has 1 amide bonds. The molecule has 6 rings (SSSR count). The van der Waals surface area contributed by atoms with Crippen molar-refractivity contribution in [2.24, 2.45) is 7.05 Å². The summed E-state index contributed by atoms with van der Waals surface area (Å²) in [5.74, 6) is 0.539. The van der Waals surface area contributed by atoms with Gasteiger partial charge < -0.3 is 15.3 Å².